The lowest BCUT2D eigenvalue weighted by atomic mass is 9.87. The SMILES string of the molecule is CC(C)(C)c1ccc(CNCC(C)(C)S(C)(=O)=O)cc1. The molecule has 0 spiro atoms. The van der Waals surface area contributed by atoms with E-state index in [1.165, 1.54) is 17.4 Å². The highest BCUT2D eigenvalue weighted by atomic mass is 32.2. The maximum atomic E-state index is 11.6. The van der Waals surface area contributed by atoms with Crippen LogP contribution in [-0.2, 0) is 21.8 Å². The normalized spacial score (nSPS) is 13.5. The molecule has 3 nitrogen and oxygen atoms in total. The molecule has 0 aliphatic heterocycles. The minimum absolute atomic E-state index is 0.157. The second kappa shape index (κ2) is 5.86. The van der Waals surface area contributed by atoms with Crippen molar-refractivity contribution in [1.82, 2.24) is 5.32 Å². The zero-order chi connectivity index (χ0) is 15.6. The monoisotopic (exact) mass is 297 g/mol. The third-order valence-electron chi connectivity index (χ3n) is 3.70. The molecule has 1 aromatic carbocycles. The Balaban J connectivity index is 2.60. The molecule has 0 saturated carbocycles. The van der Waals surface area contributed by atoms with Gasteiger partial charge >= 0.3 is 0 Å². The first-order chi connectivity index (χ1) is 8.93. The maximum absolute atomic E-state index is 11.6. The Hall–Kier alpha value is -0.870. The second-order valence-electron chi connectivity index (χ2n) is 7.08. The van der Waals surface area contributed by atoms with Gasteiger partial charge in [0.15, 0.2) is 9.84 Å². The Labute approximate surface area is 123 Å². The van der Waals surface area contributed by atoms with Gasteiger partial charge in [0.25, 0.3) is 0 Å². The van der Waals surface area contributed by atoms with Gasteiger partial charge in [-0.3, -0.25) is 0 Å². The van der Waals surface area contributed by atoms with Crippen LogP contribution in [0, 0.1) is 0 Å². The zero-order valence-corrected chi connectivity index (χ0v) is 14.3. The van der Waals surface area contributed by atoms with Gasteiger partial charge in [0.05, 0.1) is 4.75 Å². The van der Waals surface area contributed by atoms with Gasteiger partial charge in [0.2, 0.25) is 0 Å². The molecule has 0 radical (unpaired) electrons. The van der Waals surface area contributed by atoms with E-state index < -0.39 is 14.6 Å². The van der Waals surface area contributed by atoms with Crippen LogP contribution in [0.25, 0.3) is 0 Å². The third kappa shape index (κ3) is 4.60. The van der Waals surface area contributed by atoms with Gasteiger partial charge in [-0.05, 0) is 30.4 Å². The molecule has 114 valence electrons. The molecule has 0 aliphatic carbocycles. The van der Waals surface area contributed by atoms with Gasteiger partial charge in [-0.25, -0.2) is 8.42 Å². The highest BCUT2D eigenvalue weighted by molar-refractivity contribution is 7.92. The number of nitrogens with one attached hydrogen (secondary N) is 1. The summed E-state index contributed by atoms with van der Waals surface area (Å²) in [5.74, 6) is 0. The summed E-state index contributed by atoms with van der Waals surface area (Å²) in [6, 6.07) is 8.47. The summed E-state index contributed by atoms with van der Waals surface area (Å²) in [7, 11) is -3.05. The molecule has 1 N–H and O–H groups in total. The van der Waals surface area contributed by atoms with Crippen molar-refractivity contribution in [1.29, 1.82) is 0 Å². The van der Waals surface area contributed by atoms with Crippen LogP contribution >= 0.6 is 0 Å². The zero-order valence-electron chi connectivity index (χ0n) is 13.4. The average molecular weight is 297 g/mol. The fraction of sp³-hybridized carbons (Fsp3) is 0.625. The van der Waals surface area contributed by atoms with Crippen LogP contribution in [-0.4, -0.2) is 26.0 Å². The van der Waals surface area contributed by atoms with Gasteiger partial charge in [-0.15, -0.1) is 0 Å². The molecule has 4 heteroatoms. The molecule has 0 atom stereocenters. The first kappa shape index (κ1) is 17.2. The Morgan fingerprint density at radius 2 is 1.50 bits per heavy atom. The molecule has 0 fully saturated rings. The van der Waals surface area contributed by atoms with Crippen molar-refractivity contribution in [2.24, 2.45) is 0 Å². The molecular formula is C16H27NO2S. The molecular weight excluding hydrogens is 270 g/mol. The number of rotatable bonds is 5. The fourth-order valence-corrected chi connectivity index (χ4v) is 2.13. The summed E-state index contributed by atoms with van der Waals surface area (Å²) >= 11 is 0. The summed E-state index contributed by atoms with van der Waals surface area (Å²) in [6.45, 7) is 11.2. The van der Waals surface area contributed by atoms with Crippen molar-refractivity contribution >= 4 is 9.84 Å². The maximum Gasteiger partial charge on any atom is 0.153 e. The lowest BCUT2D eigenvalue weighted by Crippen LogP contribution is -2.41. The molecule has 0 aromatic heterocycles. The summed E-state index contributed by atoms with van der Waals surface area (Å²) in [6.07, 6.45) is 1.28. The molecule has 0 amide bonds. The van der Waals surface area contributed by atoms with Gasteiger partial charge in [0, 0.05) is 19.3 Å². The number of benzene rings is 1. The molecule has 0 bridgehead atoms. The molecule has 0 heterocycles. The first-order valence-corrected chi connectivity index (χ1v) is 8.82. The van der Waals surface area contributed by atoms with Gasteiger partial charge in [-0.2, -0.15) is 0 Å². The topological polar surface area (TPSA) is 46.2 Å². The van der Waals surface area contributed by atoms with Crippen molar-refractivity contribution in [2.75, 3.05) is 12.8 Å². The fourth-order valence-electron chi connectivity index (χ4n) is 1.76. The van der Waals surface area contributed by atoms with Crippen LogP contribution in [0.2, 0.25) is 0 Å². The largest absolute Gasteiger partial charge is 0.311 e. The van der Waals surface area contributed by atoms with Crippen molar-refractivity contribution < 1.29 is 8.42 Å². The molecule has 20 heavy (non-hydrogen) atoms. The van der Waals surface area contributed by atoms with E-state index in [2.05, 4.69) is 50.4 Å². The van der Waals surface area contributed by atoms with Gasteiger partial charge < -0.3 is 5.32 Å². The Kier molecular flexibility index (Phi) is 5.03. The van der Waals surface area contributed by atoms with Crippen molar-refractivity contribution in [3.8, 4) is 0 Å². The minimum atomic E-state index is -3.05. The van der Waals surface area contributed by atoms with Crippen LogP contribution in [0.3, 0.4) is 0 Å². The Morgan fingerprint density at radius 3 is 1.90 bits per heavy atom. The van der Waals surface area contributed by atoms with Crippen molar-refractivity contribution in [3.63, 3.8) is 0 Å². The van der Waals surface area contributed by atoms with E-state index in [1.54, 1.807) is 13.8 Å². The summed E-state index contributed by atoms with van der Waals surface area (Å²) in [5.41, 5.74) is 2.63. The van der Waals surface area contributed by atoms with Gasteiger partial charge in [0.1, 0.15) is 0 Å². The molecule has 0 saturated heterocycles. The highest BCUT2D eigenvalue weighted by Crippen LogP contribution is 2.22. The lowest BCUT2D eigenvalue weighted by Gasteiger charge is -2.23. The third-order valence-corrected chi connectivity index (χ3v) is 5.86. The van der Waals surface area contributed by atoms with Gasteiger partial charge in [-0.1, -0.05) is 45.0 Å². The van der Waals surface area contributed by atoms with Crippen molar-refractivity contribution in [2.45, 2.75) is 51.3 Å². The van der Waals surface area contributed by atoms with Crippen LogP contribution in [0.4, 0.5) is 0 Å². The summed E-state index contributed by atoms with van der Waals surface area (Å²) < 4.78 is 22.5. The van der Waals surface area contributed by atoms with E-state index in [0.29, 0.717) is 13.1 Å². The molecule has 0 aliphatic rings. The standard InChI is InChI=1S/C16H27NO2S/c1-15(2,3)14-9-7-13(8-10-14)11-17-12-16(4,5)20(6,18)19/h7-10,17H,11-12H2,1-6H3. The number of sulfone groups is 1. The van der Waals surface area contributed by atoms with Crippen LogP contribution in [0.15, 0.2) is 24.3 Å². The van der Waals surface area contributed by atoms with Crippen molar-refractivity contribution in [3.05, 3.63) is 35.4 Å². The lowest BCUT2D eigenvalue weighted by molar-refractivity contribution is 0.521. The number of hydrogen-bond donors (Lipinski definition) is 1. The van der Waals surface area contributed by atoms with E-state index >= 15 is 0 Å². The number of hydrogen-bond acceptors (Lipinski definition) is 3. The summed E-state index contributed by atoms with van der Waals surface area (Å²) in [4.78, 5) is 0. The quantitative estimate of drug-likeness (QED) is 0.909. The first-order valence-electron chi connectivity index (χ1n) is 6.93. The molecule has 1 aromatic rings. The molecule has 1 rings (SSSR count). The Bertz CT molecular complexity index is 537. The summed E-state index contributed by atoms with van der Waals surface area (Å²) in [5, 5.41) is 3.23. The van der Waals surface area contributed by atoms with E-state index in [1.807, 2.05) is 0 Å². The average Bonchev–Trinajstić information content (AvgIpc) is 2.26. The smallest absolute Gasteiger partial charge is 0.153 e. The highest BCUT2D eigenvalue weighted by Gasteiger charge is 2.29. The van der Waals surface area contributed by atoms with E-state index in [4.69, 9.17) is 0 Å². The van der Waals surface area contributed by atoms with E-state index in [-0.39, 0.29) is 5.41 Å². The van der Waals surface area contributed by atoms with E-state index in [0.717, 1.165) is 0 Å². The predicted octanol–water partition coefficient (Wildman–Crippen LogP) is 2.90. The predicted molar refractivity (Wildman–Crippen MR) is 85.8 cm³/mol. The molecule has 0 unspecified atom stereocenters. The van der Waals surface area contributed by atoms with Crippen LogP contribution in [0.1, 0.15) is 45.7 Å². The second-order valence-corrected chi connectivity index (χ2v) is 9.73. The Morgan fingerprint density at radius 1 is 1.00 bits per heavy atom. The van der Waals surface area contributed by atoms with Crippen LogP contribution < -0.4 is 5.32 Å². The minimum Gasteiger partial charge on any atom is -0.311 e. The van der Waals surface area contributed by atoms with Crippen LogP contribution in [0.5, 0.6) is 0 Å². The van der Waals surface area contributed by atoms with E-state index in [9.17, 15) is 8.42 Å².